The zero-order valence-corrected chi connectivity index (χ0v) is 12.0. The predicted molar refractivity (Wildman–Crippen MR) is 69.0 cm³/mol. The number of hydrogen-bond acceptors (Lipinski definition) is 2. The van der Waals surface area contributed by atoms with Crippen LogP contribution in [0.3, 0.4) is 0 Å². The Morgan fingerprint density at radius 3 is 2.00 bits per heavy atom. The van der Waals surface area contributed by atoms with Crippen molar-refractivity contribution in [2.45, 2.75) is 11.8 Å². The summed E-state index contributed by atoms with van der Waals surface area (Å²) >= 11 is 0. The topological polar surface area (TPSA) is 37.4 Å². The molecule has 1 aromatic carbocycles. The van der Waals surface area contributed by atoms with E-state index in [4.69, 9.17) is 0 Å². The molecule has 0 bridgehead atoms. The highest BCUT2D eigenvalue weighted by atomic mass is 32.2. The van der Waals surface area contributed by atoms with Crippen LogP contribution in [-0.4, -0.2) is 52.1 Å². The highest BCUT2D eigenvalue weighted by molar-refractivity contribution is 7.89. The minimum absolute atomic E-state index is 0.346. The molecule has 0 spiro atoms. The van der Waals surface area contributed by atoms with Crippen LogP contribution in [0.25, 0.3) is 0 Å². The second-order valence-electron chi connectivity index (χ2n) is 5.35. The number of hydrogen-bond donors (Lipinski definition) is 0. The van der Waals surface area contributed by atoms with Crippen LogP contribution in [0.1, 0.15) is 5.56 Å². The van der Waals surface area contributed by atoms with Gasteiger partial charge in [0, 0.05) is 7.05 Å². The zero-order valence-electron chi connectivity index (χ0n) is 11.1. The van der Waals surface area contributed by atoms with E-state index in [9.17, 15) is 8.42 Å². The Morgan fingerprint density at radius 1 is 1.12 bits per heavy atom. The Balaban J connectivity index is 2.99. The van der Waals surface area contributed by atoms with Crippen LogP contribution in [0.4, 0.5) is 0 Å². The van der Waals surface area contributed by atoms with Crippen molar-refractivity contribution in [1.82, 2.24) is 4.31 Å². The standard InChI is InChI=1S/C12H21N2O2S/c1-11-6-8-12(9-7-11)17(15,16)13(2)10-14(3,4)5/h6-9H,10H2,1-5H3/q+1. The van der Waals surface area contributed by atoms with Crippen molar-refractivity contribution in [2.24, 2.45) is 0 Å². The van der Waals surface area contributed by atoms with E-state index in [0.717, 1.165) is 5.56 Å². The van der Waals surface area contributed by atoms with E-state index in [2.05, 4.69) is 0 Å². The first-order chi connectivity index (χ1) is 7.63. The summed E-state index contributed by atoms with van der Waals surface area (Å²) < 4.78 is 26.4. The van der Waals surface area contributed by atoms with Crippen LogP contribution in [0.2, 0.25) is 0 Å². The molecule has 17 heavy (non-hydrogen) atoms. The van der Waals surface area contributed by atoms with Crippen molar-refractivity contribution in [3.8, 4) is 0 Å². The van der Waals surface area contributed by atoms with Gasteiger partial charge in [-0.15, -0.1) is 0 Å². The monoisotopic (exact) mass is 257 g/mol. The third-order valence-corrected chi connectivity index (χ3v) is 4.16. The van der Waals surface area contributed by atoms with Gasteiger partial charge in [0.15, 0.2) is 0 Å². The van der Waals surface area contributed by atoms with Gasteiger partial charge in [0.25, 0.3) is 0 Å². The van der Waals surface area contributed by atoms with Gasteiger partial charge in [-0.2, -0.15) is 4.31 Å². The second-order valence-corrected chi connectivity index (χ2v) is 7.39. The molecule has 0 radical (unpaired) electrons. The smallest absolute Gasteiger partial charge is 0.247 e. The van der Waals surface area contributed by atoms with Crippen molar-refractivity contribution in [3.63, 3.8) is 0 Å². The number of sulfonamides is 1. The quantitative estimate of drug-likeness (QED) is 0.602. The van der Waals surface area contributed by atoms with Gasteiger partial charge >= 0.3 is 0 Å². The van der Waals surface area contributed by atoms with E-state index in [1.54, 1.807) is 19.2 Å². The first-order valence-corrected chi connectivity index (χ1v) is 6.90. The Morgan fingerprint density at radius 2 is 1.59 bits per heavy atom. The molecule has 0 saturated heterocycles. The van der Waals surface area contributed by atoms with Gasteiger partial charge in [-0.25, -0.2) is 8.42 Å². The Kier molecular flexibility index (Phi) is 3.96. The molecule has 1 rings (SSSR count). The molecule has 0 aliphatic heterocycles. The summed E-state index contributed by atoms with van der Waals surface area (Å²) in [5.74, 6) is 0. The van der Waals surface area contributed by atoms with Gasteiger partial charge < -0.3 is 4.48 Å². The molecule has 96 valence electrons. The fourth-order valence-electron chi connectivity index (χ4n) is 1.56. The summed E-state index contributed by atoms with van der Waals surface area (Å²) in [6.45, 7) is 2.38. The molecule has 0 amide bonds. The van der Waals surface area contributed by atoms with E-state index in [1.165, 1.54) is 4.31 Å². The molecule has 4 nitrogen and oxygen atoms in total. The predicted octanol–water partition coefficient (Wildman–Crippen LogP) is 1.28. The lowest BCUT2D eigenvalue weighted by molar-refractivity contribution is -0.878. The molecule has 0 atom stereocenters. The normalized spacial score (nSPS) is 13.1. The van der Waals surface area contributed by atoms with Crippen molar-refractivity contribution in [2.75, 3.05) is 34.9 Å². The van der Waals surface area contributed by atoms with E-state index in [-0.39, 0.29) is 0 Å². The fourth-order valence-corrected chi connectivity index (χ4v) is 2.90. The number of quaternary nitrogens is 1. The Labute approximate surface area is 104 Å². The first kappa shape index (κ1) is 14.2. The average molecular weight is 257 g/mol. The number of aryl methyl sites for hydroxylation is 1. The van der Waals surface area contributed by atoms with E-state index >= 15 is 0 Å². The van der Waals surface area contributed by atoms with Gasteiger partial charge in [0.05, 0.1) is 26.0 Å². The first-order valence-electron chi connectivity index (χ1n) is 5.46. The molecule has 0 saturated carbocycles. The maximum absolute atomic E-state index is 12.2. The molecule has 0 aliphatic carbocycles. The minimum Gasteiger partial charge on any atom is -0.318 e. The van der Waals surface area contributed by atoms with Crippen LogP contribution in [-0.2, 0) is 10.0 Å². The van der Waals surface area contributed by atoms with Gasteiger partial charge in [0.1, 0.15) is 6.67 Å². The van der Waals surface area contributed by atoms with Crippen LogP contribution in [0.5, 0.6) is 0 Å². The SMILES string of the molecule is Cc1ccc(S(=O)(=O)N(C)C[N+](C)(C)C)cc1. The molecule has 0 aliphatic rings. The van der Waals surface area contributed by atoms with Gasteiger partial charge in [0.2, 0.25) is 10.0 Å². The Hall–Kier alpha value is -0.910. The largest absolute Gasteiger partial charge is 0.318 e. The summed E-state index contributed by atoms with van der Waals surface area (Å²) in [6.07, 6.45) is 0. The molecule has 0 N–H and O–H groups in total. The highest BCUT2D eigenvalue weighted by Crippen LogP contribution is 2.15. The lowest BCUT2D eigenvalue weighted by atomic mass is 10.2. The maximum Gasteiger partial charge on any atom is 0.247 e. The molecule has 0 fully saturated rings. The molecule has 0 aromatic heterocycles. The summed E-state index contributed by atoms with van der Waals surface area (Å²) in [5.41, 5.74) is 1.05. The third-order valence-electron chi connectivity index (χ3n) is 2.35. The van der Waals surface area contributed by atoms with E-state index in [1.807, 2.05) is 40.2 Å². The van der Waals surface area contributed by atoms with Crippen molar-refractivity contribution in [1.29, 1.82) is 0 Å². The van der Waals surface area contributed by atoms with E-state index in [0.29, 0.717) is 16.0 Å². The van der Waals surface area contributed by atoms with Crippen molar-refractivity contribution in [3.05, 3.63) is 29.8 Å². The zero-order chi connectivity index (χ0) is 13.3. The van der Waals surface area contributed by atoms with Crippen LogP contribution in [0.15, 0.2) is 29.2 Å². The number of benzene rings is 1. The summed E-state index contributed by atoms with van der Waals surface area (Å²) in [7, 11) is 4.12. The molecular weight excluding hydrogens is 236 g/mol. The average Bonchev–Trinajstić information content (AvgIpc) is 2.15. The van der Waals surface area contributed by atoms with Gasteiger partial charge in [-0.3, -0.25) is 0 Å². The van der Waals surface area contributed by atoms with Gasteiger partial charge in [-0.1, -0.05) is 17.7 Å². The lowest BCUT2D eigenvalue weighted by Crippen LogP contribution is -2.45. The van der Waals surface area contributed by atoms with Gasteiger partial charge in [-0.05, 0) is 19.1 Å². The number of nitrogens with zero attached hydrogens (tertiary/aromatic N) is 2. The minimum atomic E-state index is -3.37. The molecular formula is C12H21N2O2S+. The molecule has 1 aromatic rings. The summed E-state index contributed by atoms with van der Waals surface area (Å²) in [6, 6.07) is 6.92. The summed E-state index contributed by atoms with van der Waals surface area (Å²) in [4.78, 5) is 0.346. The highest BCUT2D eigenvalue weighted by Gasteiger charge is 2.25. The van der Waals surface area contributed by atoms with Crippen molar-refractivity contribution >= 4 is 10.0 Å². The fraction of sp³-hybridized carbons (Fsp3) is 0.500. The van der Waals surface area contributed by atoms with Crippen LogP contribution >= 0.6 is 0 Å². The second kappa shape index (κ2) is 4.76. The number of rotatable bonds is 4. The van der Waals surface area contributed by atoms with Crippen LogP contribution < -0.4 is 0 Å². The Bertz CT molecular complexity index is 472. The molecule has 5 heteroatoms. The van der Waals surface area contributed by atoms with Crippen molar-refractivity contribution < 1.29 is 12.9 Å². The van der Waals surface area contributed by atoms with Crippen LogP contribution in [0, 0.1) is 6.92 Å². The van der Waals surface area contributed by atoms with E-state index < -0.39 is 10.0 Å². The lowest BCUT2D eigenvalue weighted by Gasteiger charge is -2.29. The third kappa shape index (κ3) is 3.80. The molecule has 0 unspecified atom stereocenters. The molecule has 0 heterocycles. The summed E-state index contributed by atoms with van der Waals surface area (Å²) in [5, 5.41) is 0. The maximum atomic E-state index is 12.2.